The van der Waals surface area contributed by atoms with E-state index >= 15 is 0 Å². The highest BCUT2D eigenvalue weighted by atomic mass is 19.1. The fraction of sp³-hybridized carbons (Fsp3) is 0.556. The molecule has 1 aromatic rings. The fourth-order valence-electron chi connectivity index (χ4n) is 3.12. The van der Waals surface area contributed by atoms with Gasteiger partial charge in [0.05, 0.1) is 4.92 Å². The molecular formula is C18H25FN4O5. The molecule has 0 saturated carbocycles. The minimum absolute atomic E-state index is 0.214. The number of amides is 2. The average Bonchev–Trinajstić information content (AvgIpc) is 2.65. The second-order valence-electron chi connectivity index (χ2n) is 6.86. The van der Waals surface area contributed by atoms with Gasteiger partial charge in [-0.2, -0.15) is 4.39 Å². The van der Waals surface area contributed by atoms with Crippen LogP contribution in [0.3, 0.4) is 0 Å². The summed E-state index contributed by atoms with van der Waals surface area (Å²) in [5.74, 6) is -2.32. The molecule has 154 valence electrons. The number of nitrogens with one attached hydrogen (secondary N) is 1. The Labute approximate surface area is 162 Å². The summed E-state index contributed by atoms with van der Waals surface area (Å²) in [4.78, 5) is 38.9. The largest absolute Gasteiger partial charge is 0.375 e. The van der Waals surface area contributed by atoms with E-state index in [0.717, 1.165) is 12.1 Å². The van der Waals surface area contributed by atoms with Gasteiger partial charge in [0.2, 0.25) is 17.6 Å². The molecule has 1 fully saturated rings. The van der Waals surface area contributed by atoms with Crippen LogP contribution >= 0.6 is 0 Å². The predicted octanol–water partition coefficient (Wildman–Crippen LogP) is 0.743. The normalized spacial score (nSPS) is 17.1. The lowest BCUT2D eigenvalue weighted by molar-refractivity contribution is -0.387. The van der Waals surface area contributed by atoms with E-state index in [1.54, 1.807) is 11.8 Å². The number of rotatable bonds is 7. The van der Waals surface area contributed by atoms with Crippen LogP contribution in [0.4, 0.5) is 10.1 Å². The number of ether oxygens (including phenoxy) is 1. The number of halogens is 1. The van der Waals surface area contributed by atoms with Crippen LogP contribution in [0.25, 0.3) is 0 Å². The highest BCUT2D eigenvalue weighted by Gasteiger charge is 2.33. The Bertz CT molecular complexity index is 737. The summed E-state index contributed by atoms with van der Waals surface area (Å²) >= 11 is 0. The summed E-state index contributed by atoms with van der Waals surface area (Å²) in [5.41, 5.74) is -0.255. The molecule has 1 aliphatic heterocycles. The van der Waals surface area contributed by atoms with Crippen LogP contribution in [0.1, 0.15) is 18.4 Å². The molecule has 1 aliphatic rings. The molecule has 0 aliphatic carbocycles. The first kappa shape index (κ1) is 21.7. The van der Waals surface area contributed by atoms with Crippen molar-refractivity contribution >= 4 is 17.5 Å². The van der Waals surface area contributed by atoms with E-state index < -0.39 is 34.3 Å². The van der Waals surface area contributed by atoms with E-state index in [4.69, 9.17) is 4.74 Å². The number of nitro benzene ring substituents is 1. The van der Waals surface area contributed by atoms with Gasteiger partial charge in [-0.3, -0.25) is 19.7 Å². The van der Waals surface area contributed by atoms with Crippen LogP contribution in [0.2, 0.25) is 0 Å². The van der Waals surface area contributed by atoms with E-state index in [1.807, 2.05) is 7.05 Å². The zero-order valence-corrected chi connectivity index (χ0v) is 16.2. The minimum Gasteiger partial charge on any atom is -0.375 e. The van der Waals surface area contributed by atoms with Gasteiger partial charge in [-0.25, -0.2) is 0 Å². The standard InChI is InChI=1S/C18H25FN4O5/c1-12(13-4-5-15(23(26)27)14(19)10-13)17(20-16(24)11-28-3)18(25)22-8-6-21(2)7-9-22/h4-5,10,12,17H,6-9,11H2,1-3H3,(H,20,24)/t12-,17+/m0/s1. The molecule has 0 bridgehead atoms. The third-order valence-electron chi connectivity index (χ3n) is 4.87. The smallest absolute Gasteiger partial charge is 0.304 e. The fourth-order valence-corrected chi connectivity index (χ4v) is 3.12. The lowest BCUT2D eigenvalue weighted by Gasteiger charge is -2.36. The summed E-state index contributed by atoms with van der Waals surface area (Å²) < 4.78 is 18.9. The Hall–Kier alpha value is -2.59. The van der Waals surface area contributed by atoms with Crippen LogP contribution in [-0.2, 0) is 14.3 Å². The maximum Gasteiger partial charge on any atom is 0.304 e. The lowest BCUT2D eigenvalue weighted by atomic mass is 9.91. The molecule has 28 heavy (non-hydrogen) atoms. The molecular weight excluding hydrogens is 371 g/mol. The topological polar surface area (TPSA) is 105 Å². The Morgan fingerprint density at radius 3 is 2.50 bits per heavy atom. The molecule has 0 unspecified atom stereocenters. The van der Waals surface area contributed by atoms with Crippen molar-refractivity contribution in [2.45, 2.75) is 18.9 Å². The number of hydrogen-bond donors (Lipinski definition) is 1. The molecule has 9 nitrogen and oxygen atoms in total. The summed E-state index contributed by atoms with van der Waals surface area (Å²) in [6.07, 6.45) is 0. The van der Waals surface area contributed by atoms with Gasteiger partial charge in [0.25, 0.3) is 0 Å². The van der Waals surface area contributed by atoms with E-state index in [2.05, 4.69) is 10.2 Å². The van der Waals surface area contributed by atoms with E-state index in [-0.39, 0.29) is 12.5 Å². The lowest BCUT2D eigenvalue weighted by Crippen LogP contribution is -2.56. The third-order valence-corrected chi connectivity index (χ3v) is 4.87. The molecule has 2 rings (SSSR count). The van der Waals surface area contributed by atoms with Crippen LogP contribution in [0.5, 0.6) is 0 Å². The molecule has 0 radical (unpaired) electrons. The van der Waals surface area contributed by atoms with Gasteiger partial charge in [0, 0.05) is 45.3 Å². The first-order valence-corrected chi connectivity index (χ1v) is 8.94. The molecule has 10 heteroatoms. The number of hydrogen-bond acceptors (Lipinski definition) is 6. The van der Waals surface area contributed by atoms with Gasteiger partial charge in [-0.1, -0.05) is 13.0 Å². The van der Waals surface area contributed by atoms with Gasteiger partial charge in [-0.15, -0.1) is 0 Å². The molecule has 2 atom stereocenters. The summed E-state index contributed by atoms with van der Waals surface area (Å²) in [6, 6.07) is 2.57. The SMILES string of the molecule is COCC(=O)N[C@@H](C(=O)N1CCN(C)CC1)[C@@H](C)c1ccc([N+](=O)[O-])c(F)c1. The van der Waals surface area contributed by atoms with Gasteiger partial charge >= 0.3 is 5.69 Å². The number of benzene rings is 1. The number of nitrogens with zero attached hydrogens (tertiary/aromatic N) is 3. The van der Waals surface area contributed by atoms with Crippen molar-refractivity contribution in [2.24, 2.45) is 0 Å². The van der Waals surface area contributed by atoms with E-state index in [9.17, 15) is 24.1 Å². The highest BCUT2D eigenvalue weighted by Crippen LogP contribution is 2.26. The molecule has 1 aromatic carbocycles. The van der Waals surface area contributed by atoms with Crippen molar-refractivity contribution in [1.29, 1.82) is 0 Å². The zero-order valence-electron chi connectivity index (χ0n) is 16.2. The molecule has 0 spiro atoms. The molecule has 2 amide bonds. The highest BCUT2D eigenvalue weighted by molar-refractivity contribution is 5.89. The molecule has 0 aromatic heterocycles. The van der Waals surface area contributed by atoms with Crippen molar-refractivity contribution in [3.63, 3.8) is 0 Å². The third kappa shape index (κ3) is 5.23. The van der Waals surface area contributed by atoms with Crippen molar-refractivity contribution in [3.8, 4) is 0 Å². The summed E-state index contributed by atoms with van der Waals surface area (Å²) in [6.45, 7) is 3.93. The first-order valence-electron chi connectivity index (χ1n) is 8.94. The van der Waals surface area contributed by atoms with Crippen LogP contribution in [0.15, 0.2) is 18.2 Å². The Balaban J connectivity index is 2.26. The van der Waals surface area contributed by atoms with Crippen LogP contribution < -0.4 is 5.32 Å². The molecule has 1 heterocycles. The Kier molecular flexibility index (Phi) is 7.41. The van der Waals surface area contributed by atoms with Crippen molar-refractivity contribution in [1.82, 2.24) is 15.1 Å². The number of carbonyl (C=O) groups is 2. The van der Waals surface area contributed by atoms with Crippen molar-refractivity contribution in [3.05, 3.63) is 39.7 Å². The maximum atomic E-state index is 14.1. The van der Waals surface area contributed by atoms with Crippen LogP contribution in [0, 0.1) is 15.9 Å². The van der Waals surface area contributed by atoms with E-state index in [0.29, 0.717) is 31.7 Å². The van der Waals surface area contributed by atoms with Gasteiger partial charge in [0.15, 0.2) is 0 Å². The van der Waals surface area contributed by atoms with Gasteiger partial charge < -0.3 is 19.9 Å². The second kappa shape index (κ2) is 9.56. The monoisotopic (exact) mass is 396 g/mol. The second-order valence-corrected chi connectivity index (χ2v) is 6.86. The van der Waals surface area contributed by atoms with Crippen molar-refractivity contribution < 1.29 is 23.6 Å². The quantitative estimate of drug-likeness (QED) is 0.538. The maximum absolute atomic E-state index is 14.1. The number of methoxy groups -OCH3 is 1. The Morgan fingerprint density at radius 2 is 1.96 bits per heavy atom. The van der Waals surface area contributed by atoms with E-state index in [1.165, 1.54) is 13.2 Å². The first-order chi connectivity index (χ1) is 13.2. The van der Waals surface area contributed by atoms with Gasteiger partial charge in [0.1, 0.15) is 12.6 Å². The average molecular weight is 396 g/mol. The molecule has 1 saturated heterocycles. The Morgan fingerprint density at radius 1 is 1.32 bits per heavy atom. The van der Waals surface area contributed by atoms with Gasteiger partial charge in [-0.05, 0) is 18.7 Å². The number of carbonyl (C=O) groups excluding carboxylic acids is 2. The van der Waals surface area contributed by atoms with Crippen molar-refractivity contribution in [2.75, 3.05) is 46.9 Å². The zero-order chi connectivity index (χ0) is 20.8. The summed E-state index contributed by atoms with van der Waals surface area (Å²) in [5, 5.41) is 13.5. The number of likely N-dealkylation sites (N-methyl/N-ethyl adjacent to an activating group) is 1. The minimum atomic E-state index is -0.983. The van der Waals surface area contributed by atoms with Crippen LogP contribution in [-0.4, -0.2) is 79.5 Å². The number of piperazine rings is 1. The number of nitro groups is 1. The molecule has 1 N–H and O–H groups in total. The summed E-state index contributed by atoms with van der Waals surface area (Å²) in [7, 11) is 3.33. The predicted molar refractivity (Wildman–Crippen MR) is 99.4 cm³/mol.